The lowest BCUT2D eigenvalue weighted by Gasteiger charge is -2.34. The Balaban J connectivity index is 1.99. The highest BCUT2D eigenvalue weighted by Crippen LogP contribution is 2.36. The average Bonchev–Trinajstić information content (AvgIpc) is 3.01. The number of amides is 1. The standard InChI is InChI=1S/C16H27F3N2O2/c1-15(2,3)23-14(22)21-9-5-8-13(21)11-6-4-7-12(11)20-10-16(17,18)19/h11-13,20H,4-10H2,1-3H3. The third-order valence-corrected chi connectivity index (χ3v) is 4.56. The molecule has 1 amide bonds. The summed E-state index contributed by atoms with van der Waals surface area (Å²) in [5.74, 6) is 0.0763. The van der Waals surface area contributed by atoms with E-state index < -0.39 is 18.3 Å². The van der Waals surface area contributed by atoms with Gasteiger partial charge in [0.15, 0.2) is 0 Å². The average molecular weight is 336 g/mol. The molecule has 1 N–H and O–H groups in total. The summed E-state index contributed by atoms with van der Waals surface area (Å²) in [5, 5.41) is 2.65. The fourth-order valence-corrected chi connectivity index (χ4v) is 3.73. The molecule has 7 heteroatoms. The zero-order valence-electron chi connectivity index (χ0n) is 14.1. The minimum absolute atomic E-state index is 0.0157. The molecule has 2 aliphatic rings. The number of carbonyl (C=O) groups is 1. The maximum atomic E-state index is 12.5. The molecule has 0 radical (unpaired) electrons. The summed E-state index contributed by atoms with van der Waals surface area (Å²) in [6.45, 7) is 5.12. The Morgan fingerprint density at radius 3 is 2.48 bits per heavy atom. The van der Waals surface area contributed by atoms with Gasteiger partial charge in [0.05, 0.1) is 6.54 Å². The van der Waals surface area contributed by atoms with E-state index in [9.17, 15) is 18.0 Å². The van der Waals surface area contributed by atoms with Crippen LogP contribution < -0.4 is 5.32 Å². The van der Waals surface area contributed by atoms with Crippen molar-refractivity contribution in [3.63, 3.8) is 0 Å². The predicted octanol–water partition coefficient (Wildman–Crippen LogP) is 3.71. The second-order valence-electron chi connectivity index (χ2n) is 7.58. The summed E-state index contributed by atoms with van der Waals surface area (Å²) in [4.78, 5) is 14.1. The fraction of sp³-hybridized carbons (Fsp3) is 0.938. The maximum Gasteiger partial charge on any atom is 0.410 e. The van der Waals surface area contributed by atoms with Crippen LogP contribution in [0.1, 0.15) is 52.9 Å². The van der Waals surface area contributed by atoms with Gasteiger partial charge in [-0.1, -0.05) is 6.42 Å². The second-order valence-corrected chi connectivity index (χ2v) is 7.58. The molecule has 1 aliphatic heterocycles. The molecule has 2 rings (SSSR count). The van der Waals surface area contributed by atoms with Crippen LogP contribution in [0.15, 0.2) is 0 Å². The number of halogens is 3. The van der Waals surface area contributed by atoms with Crippen LogP contribution >= 0.6 is 0 Å². The molecule has 2 fully saturated rings. The minimum Gasteiger partial charge on any atom is -0.444 e. The van der Waals surface area contributed by atoms with Gasteiger partial charge in [-0.15, -0.1) is 0 Å². The minimum atomic E-state index is -4.20. The molecular formula is C16H27F3N2O2. The number of hydrogen-bond acceptors (Lipinski definition) is 3. The summed E-state index contributed by atoms with van der Waals surface area (Å²) in [6, 6.07) is -0.192. The molecular weight excluding hydrogens is 309 g/mol. The van der Waals surface area contributed by atoms with Crippen LogP contribution in [0.4, 0.5) is 18.0 Å². The van der Waals surface area contributed by atoms with E-state index in [1.807, 2.05) is 20.8 Å². The van der Waals surface area contributed by atoms with Gasteiger partial charge in [0.1, 0.15) is 5.60 Å². The van der Waals surface area contributed by atoms with Gasteiger partial charge in [-0.3, -0.25) is 0 Å². The van der Waals surface area contributed by atoms with Crippen LogP contribution in [0.5, 0.6) is 0 Å². The molecule has 0 aromatic carbocycles. The number of nitrogens with zero attached hydrogens (tertiary/aromatic N) is 1. The number of rotatable bonds is 3. The third-order valence-electron chi connectivity index (χ3n) is 4.56. The maximum absolute atomic E-state index is 12.5. The number of hydrogen-bond donors (Lipinski definition) is 1. The highest BCUT2D eigenvalue weighted by Gasteiger charge is 2.42. The Labute approximate surface area is 135 Å². The van der Waals surface area contributed by atoms with Crippen molar-refractivity contribution in [3.05, 3.63) is 0 Å². The first-order valence-electron chi connectivity index (χ1n) is 8.36. The zero-order chi connectivity index (χ0) is 17.3. The molecule has 3 atom stereocenters. The first-order chi connectivity index (χ1) is 10.6. The largest absolute Gasteiger partial charge is 0.444 e. The van der Waals surface area contributed by atoms with Crippen LogP contribution in [-0.2, 0) is 4.74 Å². The Kier molecular flexibility index (Phi) is 5.48. The topological polar surface area (TPSA) is 41.6 Å². The molecule has 0 bridgehead atoms. The summed E-state index contributed by atoms with van der Waals surface area (Å²) in [7, 11) is 0. The lowest BCUT2D eigenvalue weighted by Crippen LogP contribution is -2.48. The van der Waals surface area contributed by atoms with Gasteiger partial charge in [-0.25, -0.2) is 4.79 Å². The van der Waals surface area contributed by atoms with Crippen molar-refractivity contribution in [2.45, 2.75) is 76.7 Å². The molecule has 0 spiro atoms. The molecule has 134 valence electrons. The van der Waals surface area contributed by atoms with Crippen molar-refractivity contribution in [1.29, 1.82) is 0 Å². The number of carbonyl (C=O) groups excluding carboxylic acids is 1. The van der Waals surface area contributed by atoms with Crippen molar-refractivity contribution < 1.29 is 22.7 Å². The first-order valence-corrected chi connectivity index (χ1v) is 8.36. The normalized spacial score (nSPS) is 29.1. The number of likely N-dealkylation sites (tertiary alicyclic amines) is 1. The van der Waals surface area contributed by atoms with Gasteiger partial charge in [-0.05, 0) is 52.4 Å². The highest BCUT2D eigenvalue weighted by atomic mass is 19.4. The number of ether oxygens (including phenoxy) is 1. The van der Waals surface area contributed by atoms with E-state index in [1.165, 1.54) is 0 Å². The lowest BCUT2D eigenvalue weighted by molar-refractivity contribution is -0.127. The van der Waals surface area contributed by atoms with E-state index in [4.69, 9.17) is 4.74 Å². The number of nitrogens with one attached hydrogen (secondary N) is 1. The lowest BCUT2D eigenvalue weighted by atomic mass is 9.92. The van der Waals surface area contributed by atoms with Gasteiger partial charge < -0.3 is 15.0 Å². The fourth-order valence-electron chi connectivity index (χ4n) is 3.73. The smallest absolute Gasteiger partial charge is 0.410 e. The van der Waals surface area contributed by atoms with E-state index in [2.05, 4.69) is 5.32 Å². The van der Waals surface area contributed by atoms with Crippen molar-refractivity contribution >= 4 is 6.09 Å². The SMILES string of the molecule is CC(C)(C)OC(=O)N1CCCC1C1CCCC1NCC(F)(F)F. The molecule has 23 heavy (non-hydrogen) atoms. The quantitative estimate of drug-likeness (QED) is 0.854. The van der Waals surface area contributed by atoms with Crippen molar-refractivity contribution in [3.8, 4) is 0 Å². The van der Waals surface area contributed by atoms with Crippen LogP contribution in [0.2, 0.25) is 0 Å². The van der Waals surface area contributed by atoms with E-state index in [1.54, 1.807) is 4.90 Å². The molecule has 1 saturated carbocycles. The molecule has 1 aliphatic carbocycles. The van der Waals surface area contributed by atoms with E-state index >= 15 is 0 Å². The van der Waals surface area contributed by atoms with Gasteiger partial charge in [0.25, 0.3) is 0 Å². The summed E-state index contributed by atoms with van der Waals surface area (Å²) >= 11 is 0. The van der Waals surface area contributed by atoms with Crippen molar-refractivity contribution in [1.82, 2.24) is 10.2 Å². The Morgan fingerprint density at radius 2 is 1.87 bits per heavy atom. The van der Waals surface area contributed by atoms with Crippen LogP contribution in [0.3, 0.4) is 0 Å². The first kappa shape index (κ1) is 18.4. The van der Waals surface area contributed by atoms with Gasteiger partial charge in [-0.2, -0.15) is 13.2 Å². The van der Waals surface area contributed by atoms with Crippen LogP contribution in [0.25, 0.3) is 0 Å². The molecule has 1 saturated heterocycles. The Hall–Kier alpha value is -0.980. The third kappa shape index (κ3) is 5.26. The zero-order valence-corrected chi connectivity index (χ0v) is 14.1. The van der Waals surface area contributed by atoms with Gasteiger partial charge >= 0.3 is 12.3 Å². The second kappa shape index (κ2) is 6.87. The van der Waals surface area contributed by atoms with Crippen LogP contribution in [-0.4, -0.2) is 47.9 Å². The Morgan fingerprint density at radius 1 is 1.17 bits per heavy atom. The molecule has 4 nitrogen and oxygen atoms in total. The van der Waals surface area contributed by atoms with Crippen molar-refractivity contribution in [2.75, 3.05) is 13.1 Å². The Bertz CT molecular complexity index is 421. The predicted molar refractivity (Wildman–Crippen MR) is 81.1 cm³/mol. The summed E-state index contributed by atoms with van der Waals surface area (Å²) < 4.78 is 42.8. The molecule has 0 aromatic rings. The van der Waals surface area contributed by atoms with Crippen molar-refractivity contribution in [2.24, 2.45) is 5.92 Å². The number of alkyl halides is 3. The van der Waals surface area contributed by atoms with Gasteiger partial charge in [0.2, 0.25) is 0 Å². The van der Waals surface area contributed by atoms with E-state index in [0.717, 1.165) is 32.1 Å². The summed E-state index contributed by atoms with van der Waals surface area (Å²) in [5.41, 5.74) is -0.562. The van der Waals surface area contributed by atoms with E-state index in [0.29, 0.717) is 6.54 Å². The summed E-state index contributed by atoms with van der Waals surface area (Å²) in [6.07, 6.45) is -0.326. The van der Waals surface area contributed by atoms with Crippen LogP contribution in [0, 0.1) is 5.92 Å². The monoisotopic (exact) mass is 336 g/mol. The molecule has 1 heterocycles. The van der Waals surface area contributed by atoms with Gasteiger partial charge in [0, 0.05) is 18.6 Å². The molecule has 0 aromatic heterocycles. The highest BCUT2D eigenvalue weighted by molar-refractivity contribution is 5.69. The molecule has 3 unspecified atom stereocenters. The van der Waals surface area contributed by atoms with E-state index in [-0.39, 0.29) is 24.1 Å².